The molecule has 2 aliphatic rings. The van der Waals surface area contributed by atoms with Crippen molar-refractivity contribution >= 4 is 17.4 Å². The Morgan fingerprint density at radius 3 is 2.56 bits per heavy atom. The van der Waals surface area contributed by atoms with Gasteiger partial charge in [0.05, 0.1) is 17.6 Å². The van der Waals surface area contributed by atoms with Crippen LogP contribution in [0.5, 0.6) is 0 Å². The summed E-state index contributed by atoms with van der Waals surface area (Å²) in [6.07, 6.45) is 6.74. The second-order valence-electron chi connectivity index (χ2n) is 10.9. The van der Waals surface area contributed by atoms with Crippen molar-refractivity contribution in [2.24, 2.45) is 5.73 Å². The molecule has 5 heterocycles. The number of rotatable bonds is 5. The molecule has 1 saturated carbocycles. The summed E-state index contributed by atoms with van der Waals surface area (Å²) >= 11 is 6.65. The number of pyridine rings is 4. The molecule has 0 unspecified atom stereocenters. The normalized spacial score (nSPS) is 19.6. The molecule has 2 fully saturated rings. The summed E-state index contributed by atoms with van der Waals surface area (Å²) in [5, 5.41) is 0.121. The molecule has 1 aliphatic carbocycles. The lowest BCUT2D eigenvalue weighted by Crippen LogP contribution is -2.66. The SMILES string of the molecule is Cc1cnc(-c2ccnc(N3CC(C)(N)C3)c2F)cc1-n1c(C)cc([C@H]2C[C@@H]2c2cncc(F)c2)c(Cl)c1=O. The smallest absolute Gasteiger partial charge is 0.274 e. The third-order valence-electron chi connectivity index (χ3n) is 7.57. The topological polar surface area (TPSA) is 89.9 Å². The number of nitrogens with zero attached hydrogens (tertiary/aromatic N) is 5. The van der Waals surface area contributed by atoms with Crippen molar-refractivity contribution in [3.05, 3.63) is 98.4 Å². The van der Waals surface area contributed by atoms with Crippen LogP contribution in [0.1, 0.15) is 47.6 Å². The first-order chi connectivity index (χ1) is 18.5. The molecule has 7 nitrogen and oxygen atoms in total. The van der Waals surface area contributed by atoms with E-state index in [9.17, 15) is 9.18 Å². The number of hydrogen-bond donors (Lipinski definition) is 1. The van der Waals surface area contributed by atoms with E-state index >= 15 is 4.39 Å². The number of aromatic nitrogens is 4. The molecular formula is C29H27ClF2N6O. The first-order valence-corrected chi connectivity index (χ1v) is 13.1. The molecule has 2 atom stereocenters. The van der Waals surface area contributed by atoms with Gasteiger partial charge in [0.15, 0.2) is 11.6 Å². The van der Waals surface area contributed by atoms with E-state index in [0.29, 0.717) is 30.2 Å². The van der Waals surface area contributed by atoms with Crippen LogP contribution in [-0.2, 0) is 0 Å². The maximum absolute atomic E-state index is 15.6. The van der Waals surface area contributed by atoms with Gasteiger partial charge in [0.25, 0.3) is 5.56 Å². The highest BCUT2D eigenvalue weighted by Crippen LogP contribution is 2.55. The van der Waals surface area contributed by atoms with Crippen LogP contribution >= 0.6 is 11.6 Å². The van der Waals surface area contributed by atoms with Crippen molar-refractivity contribution in [3.63, 3.8) is 0 Å². The Morgan fingerprint density at radius 1 is 1.08 bits per heavy atom. The fraction of sp³-hybridized carbons (Fsp3) is 0.310. The van der Waals surface area contributed by atoms with Gasteiger partial charge in [-0.15, -0.1) is 0 Å². The molecule has 0 radical (unpaired) electrons. The first-order valence-electron chi connectivity index (χ1n) is 12.7. The van der Waals surface area contributed by atoms with Crippen molar-refractivity contribution in [2.75, 3.05) is 18.0 Å². The summed E-state index contributed by atoms with van der Waals surface area (Å²) in [5.74, 6) is -0.577. The van der Waals surface area contributed by atoms with Crippen LogP contribution in [0.15, 0.2) is 53.8 Å². The van der Waals surface area contributed by atoms with Crippen LogP contribution in [0.4, 0.5) is 14.6 Å². The largest absolute Gasteiger partial charge is 0.350 e. The summed E-state index contributed by atoms with van der Waals surface area (Å²) in [6, 6.07) is 6.65. The van der Waals surface area contributed by atoms with E-state index in [4.69, 9.17) is 17.3 Å². The van der Waals surface area contributed by atoms with Gasteiger partial charge in [0.1, 0.15) is 10.8 Å². The highest BCUT2D eigenvalue weighted by atomic mass is 35.5. The fourth-order valence-electron chi connectivity index (χ4n) is 5.57. The Kier molecular flexibility index (Phi) is 6.04. The molecule has 200 valence electrons. The van der Waals surface area contributed by atoms with E-state index < -0.39 is 5.82 Å². The molecule has 0 spiro atoms. The minimum atomic E-state index is -0.487. The second-order valence-corrected chi connectivity index (χ2v) is 11.3. The van der Waals surface area contributed by atoms with Gasteiger partial charge >= 0.3 is 0 Å². The number of anilines is 1. The number of nitrogens with two attached hydrogens (primary N) is 1. The molecule has 4 aromatic rings. The maximum atomic E-state index is 15.6. The minimum absolute atomic E-state index is 0.0115. The Bertz CT molecular complexity index is 1680. The molecule has 10 heteroatoms. The number of hydrogen-bond acceptors (Lipinski definition) is 6. The molecule has 2 N–H and O–H groups in total. The fourth-order valence-corrected chi connectivity index (χ4v) is 5.85. The molecule has 6 rings (SSSR count). The number of halogens is 3. The van der Waals surface area contributed by atoms with Crippen LogP contribution in [0, 0.1) is 25.5 Å². The van der Waals surface area contributed by atoms with Crippen LogP contribution < -0.4 is 16.2 Å². The highest BCUT2D eigenvalue weighted by molar-refractivity contribution is 6.31. The van der Waals surface area contributed by atoms with E-state index in [1.807, 2.05) is 26.8 Å². The van der Waals surface area contributed by atoms with Crippen molar-refractivity contribution in [2.45, 2.75) is 44.6 Å². The zero-order chi connectivity index (χ0) is 27.6. The van der Waals surface area contributed by atoms with Gasteiger partial charge in [-0.05, 0) is 80.0 Å². The average molecular weight is 549 g/mol. The van der Waals surface area contributed by atoms with Crippen LogP contribution in [-0.4, -0.2) is 38.1 Å². The van der Waals surface area contributed by atoms with E-state index in [-0.39, 0.29) is 45.2 Å². The molecule has 0 aromatic carbocycles. The summed E-state index contributed by atoms with van der Waals surface area (Å²) < 4.78 is 30.8. The van der Waals surface area contributed by atoms with Gasteiger partial charge in [-0.3, -0.25) is 19.3 Å². The van der Waals surface area contributed by atoms with Crippen molar-refractivity contribution < 1.29 is 8.78 Å². The van der Waals surface area contributed by atoms with Crippen LogP contribution in [0.2, 0.25) is 5.02 Å². The molecule has 0 amide bonds. The van der Waals surface area contributed by atoms with Gasteiger partial charge in [0.2, 0.25) is 0 Å². The Balaban J connectivity index is 1.36. The molecule has 39 heavy (non-hydrogen) atoms. The zero-order valence-electron chi connectivity index (χ0n) is 21.8. The van der Waals surface area contributed by atoms with Crippen LogP contribution in [0.25, 0.3) is 16.9 Å². The zero-order valence-corrected chi connectivity index (χ0v) is 22.5. The van der Waals surface area contributed by atoms with Gasteiger partial charge in [-0.1, -0.05) is 11.6 Å². The molecule has 4 aromatic heterocycles. The summed E-state index contributed by atoms with van der Waals surface area (Å²) in [5.41, 5.74) is 9.53. The first kappa shape index (κ1) is 25.6. The van der Waals surface area contributed by atoms with Gasteiger partial charge in [0, 0.05) is 48.5 Å². The average Bonchev–Trinajstić information content (AvgIpc) is 3.67. The predicted octanol–water partition coefficient (Wildman–Crippen LogP) is 5.05. The van der Waals surface area contributed by atoms with E-state index in [0.717, 1.165) is 23.1 Å². The van der Waals surface area contributed by atoms with E-state index in [1.165, 1.54) is 16.8 Å². The lowest BCUT2D eigenvalue weighted by atomic mass is 9.93. The second kappa shape index (κ2) is 9.20. The van der Waals surface area contributed by atoms with Crippen molar-refractivity contribution in [1.29, 1.82) is 0 Å². The summed E-state index contributed by atoms with van der Waals surface area (Å²) in [7, 11) is 0. The number of aryl methyl sites for hydroxylation is 2. The third kappa shape index (κ3) is 4.49. The maximum Gasteiger partial charge on any atom is 0.274 e. The van der Waals surface area contributed by atoms with E-state index in [1.54, 1.807) is 35.6 Å². The van der Waals surface area contributed by atoms with Gasteiger partial charge < -0.3 is 10.6 Å². The third-order valence-corrected chi connectivity index (χ3v) is 7.95. The Labute approximate surface area is 229 Å². The lowest BCUT2D eigenvalue weighted by Gasteiger charge is -2.46. The van der Waals surface area contributed by atoms with Crippen molar-refractivity contribution in [3.8, 4) is 16.9 Å². The quantitative estimate of drug-likeness (QED) is 0.375. The Hall–Kier alpha value is -3.69. The molecular weight excluding hydrogens is 522 g/mol. The Morgan fingerprint density at radius 2 is 1.85 bits per heavy atom. The molecule has 0 bridgehead atoms. The van der Waals surface area contributed by atoms with Gasteiger partial charge in [-0.2, -0.15) is 0 Å². The van der Waals surface area contributed by atoms with Crippen molar-refractivity contribution in [1.82, 2.24) is 19.5 Å². The van der Waals surface area contributed by atoms with E-state index in [2.05, 4.69) is 15.0 Å². The minimum Gasteiger partial charge on any atom is -0.350 e. The standard InChI is InChI=1S/C29H27ClF2N6O/c1-15-10-36-23(19-4-5-35-27(26(19)32)37-13-29(3,33)14-37)9-24(15)38-16(2)6-22(25(30)28(38)39)21-8-20(21)17-7-18(31)12-34-11-17/h4-7,9-12,20-21H,8,13-14,33H2,1-3H3/t20-,21+/m1/s1. The van der Waals surface area contributed by atoms with Crippen LogP contribution in [0.3, 0.4) is 0 Å². The summed E-state index contributed by atoms with van der Waals surface area (Å²) in [4.78, 5) is 28.0. The monoisotopic (exact) mass is 548 g/mol. The molecule has 1 aliphatic heterocycles. The lowest BCUT2D eigenvalue weighted by molar-refractivity contribution is 0.358. The van der Waals surface area contributed by atoms with Gasteiger partial charge in [-0.25, -0.2) is 13.8 Å². The molecule has 1 saturated heterocycles. The summed E-state index contributed by atoms with van der Waals surface area (Å²) in [6.45, 7) is 6.59. The predicted molar refractivity (Wildman–Crippen MR) is 147 cm³/mol. The highest BCUT2D eigenvalue weighted by Gasteiger charge is 2.42.